The van der Waals surface area contributed by atoms with Crippen LogP contribution >= 0.6 is 0 Å². The van der Waals surface area contributed by atoms with E-state index in [-0.39, 0.29) is 6.42 Å². The smallest absolute Gasteiger partial charge is 0.264 e. The van der Waals surface area contributed by atoms with E-state index in [2.05, 4.69) is 18.9 Å². The van der Waals surface area contributed by atoms with Gasteiger partial charge in [0.05, 0.1) is 11.7 Å². The van der Waals surface area contributed by atoms with Crippen LogP contribution in [0.2, 0.25) is 0 Å². The van der Waals surface area contributed by atoms with Gasteiger partial charge in [-0.15, -0.1) is 0 Å². The fraction of sp³-hybridized carbons (Fsp3) is 0.727. The zero-order valence-electron chi connectivity index (χ0n) is 9.61. The second-order valence-electron chi connectivity index (χ2n) is 3.86. The average Bonchev–Trinajstić information content (AvgIpc) is 2.68. The van der Waals surface area contributed by atoms with Crippen LogP contribution in [-0.2, 0) is 6.42 Å². The van der Waals surface area contributed by atoms with Gasteiger partial charge in [0.15, 0.2) is 0 Å². The fourth-order valence-corrected chi connectivity index (χ4v) is 1.66. The van der Waals surface area contributed by atoms with E-state index in [1.54, 1.807) is 16.9 Å². The molecule has 0 aliphatic rings. The molecule has 1 aromatic rings. The molecule has 1 unspecified atom stereocenters. The topological polar surface area (TPSA) is 38.0 Å². The third-order valence-electron chi connectivity index (χ3n) is 2.69. The van der Waals surface area contributed by atoms with Crippen molar-refractivity contribution in [2.24, 2.45) is 0 Å². The van der Waals surface area contributed by atoms with Crippen molar-refractivity contribution in [2.45, 2.75) is 51.7 Å². The molecule has 0 amide bonds. The molecule has 0 aromatic carbocycles. The summed E-state index contributed by atoms with van der Waals surface area (Å²) in [6, 6.07) is 1.99. The van der Waals surface area contributed by atoms with Crippen molar-refractivity contribution < 1.29 is 13.9 Å². The van der Waals surface area contributed by atoms with E-state index >= 15 is 0 Å². The van der Waals surface area contributed by atoms with Crippen molar-refractivity contribution in [1.29, 1.82) is 0 Å². The van der Waals surface area contributed by atoms with Gasteiger partial charge in [0.1, 0.15) is 6.10 Å². The number of aliphatic hydroxyl groups is 1. The summed E-state index contributed by atoms with van der Waals surface area (Å²) in [6.45, 7) is 4.12. The monoisotopic (exact) mass is 232 g/mol. The van der Waals surface area contributed by atoms with Crippen LogP contribution in [0.3, 0.4) is 0 Å². The Morgan fingerprint density at radius 3 is 2.50 bits per heavy atom. The predicted molar refractivity (Wildman–Crippen MR) is 57.6 cm³/mol. The summed E-state index contributed by atoms with van der Waals surface area (Å²) in [7, 11) is 0. The van der Waals surface area contributed by atoms with Crippen molar-refractivity contribution in [3.63, 3.8) is 0 Å². The van der Waals surface area contributed by atoms with Crippen LogP contribution in [0, 0.1) is 0 Å². The highest BCUT2D eigenvalue weighted by Crippen LogP contribution is 2.15. The molecule has 1 rings (SSSR count). The number of hydrogen-bond donors (Lipinski definition) is 1. The molecule has 0 fully saturated rings. The molecule has 16 heavy (non-hydrogen) atoms. The highest BCUT2D eigenvalue weighted by atomic mass is 19.3. The number of hydrogen-bond acceptors (Lipinski definition) is 2. The Labute approximate surface area is 94.1 Å². The zero-order valence-corrected chi connectivity index (χ0v) is 9.61. The minimum Gasteiger partial charge on any atom is -0.387 e. The molecule has 5 heteroatoms. The molecule has 0 saturated heterocycles. The number of halogens is 2. The van der Waals surface area contributed by atoms with E-state index in [1.807, 2.05) is 0 Å². The lowest BCUT2D eigenvalue weighted by atomic mass is 10.2. The number of nitrogens with zero attached hydrogens (tertiary/aromatic N) is 2. The largest absolute Gasteiger partial charge is 0.387 e. The summed E-state index contributed by atoms with van der Waals surface area (Å²) in [6.07, 6.45) is -0.733. The second kappa shape index (κ2) is 5.94. The first kappa shape index (κ1) is 13.1. The van der Waals surface area contributed by atoms with Crippen molar-refractivity contribution in [2.75, 3.05) is 0 Å². The first-order valence-corrected chi connectivity index (χ1v) is 5.58. The average molecular weight is 232 g/mol. The standard InChI is InChI=1S/C11H18F2N2O/c1-3-9(4-2)15-6-5-8(14-15)7-10(16)11(12)13/h5-6,9-11,16H,3-4,7H2,1-2H3. The maximum Gasteiger partial charge on any atom is 0.264 e. The number of aliphatic hydroxyl groups excluding tert-OH is 1. The molecule has 1 atom stereocenters. The van der Waals surface area contributed by atoms with Crippen LogP contribution in [0.15, 0.2) is 12.3 Å². The van der Waals surface area contributed by atoms with E-state index < -0.39 is 12.5 Å². The molecule has 1 N–H and O–H groups in total. The Morgan fingerprint density at radius 1 is 1.38 bits per heavy atom. The van der Waals surface area contributed by atoms with Gasteiger partial charge in [0.25, 0.3) is 6.43 Å². The predicted octanol–water partition coefficient (Wildman–Crippen LogP) is 2.41. The zero-order chi connectivity index (χ0) is 12.1. The number of rotatable bonds is 6. The fourth-order valence-electron chi connectivity index (χ4n) is 1.66. The molecule has 0 aliphatic carbocycles. The summed E-state index contributed by atoms with van der Waals surface area (Å²) >= 11 is 0. The third kappa shape index (κ3) is 3.27. The van der Waals surface area contributed by atoms with Gasteiger partial charge in [-0.05, 0) is 18.9 Å². The summed E-state index contributed by atoms with van der Waals surface area (Å²) in [5, 5.41) is 13.2. The Morgan fingerprint density at radius 2 is 2.00 bits per heavy atom. The summed E-state index contributed by atoms with van der Waals surface area (Å²) < 4.78 is 26.0. The number of alkyl halides is 2. The van der Waals surface area contributed by atoms with E-state index in [9.17, 15) is 8.78 Å². The maximum absolute atomic E-state index is 12.1. The molecule has 0 bridgehead atoms. The van der Waals surface area contributed by atoms with E-state index in [1.165, 1.54) is 0 Å². The SMILES string of the molecule is CCC(CC)n1ccc(CC(O)C(F)F)n1. The molecule has 92 valence electrons. The second-order valence-corrected chi connectivity index (χ2v) is 3.86. The van der Waals surface area contributed by atoms with Crippen molar-refractivity contribution in [3.8, 4) is 0 Å². The van der Waals surface area contributed by atoms with Gasteiger partial charge >= 0.3 is 0 Å². The minimum atomic E-state index is -2.71. The van der Waals surface area contributed by atoms with Crippen LogP contribution in [0.4, 0.5) is 8.78 Å². The maximum atomic E-state index is 12.1. The highest BCUT2D eigenvalue weighted by Gasteiger charge is 2.19. The normalized spacial score (nSPS) is 13.7. The van der Waals surface area contributed by atoms with Gasteiger partial charge < -0.3 is 5.11 Å². The van der Waals surface area contributed by atoms with Crippen LogP contribution in [0.1, 0.15) is 38.4 Å². The van der Waals surface area contributed by atoms with Crippen LogP contribution < -0.4 is 0 Å². The quantitative estimate of drug-likeness (QED) is 0.818. The minimum absolute atomic E-state index is 0.0924. The van der Waals surface area contributed by atoms with E-state index in [0.29, 0.717) is 11.7 Å². The molecule has 1 heterocycles. The van der Waals surface area contributed by atoms with Crippen LogP contribution in [-0.4, -0.2) is 27.4 Å². The summed E-state index contributed by atoms with van der Waals surface area (Å²) in [5.41, 5.74) is 0.514. The Bertz CT molecular complexity index is 311. The molecular formula is C11H18F2N2O. The molecule has 0 aliphatic heterocycles. The molecule has 0 spiro atoms. The van der Waals surface area contributed by atoms with Gasteiger partial charge in [0, 0.05) is 12.6 Å². The van der Waals surface area contributed by atoms with Crippen LogP contribution in [0.25, 0.3) is 0 Å². The Hall–Kier alpha value is -0.970. The number of aromatic nitrogens is 2. The molecule has 1 aromatic heterocycles. The summed E-state index contributed by atoms with van der Waals surface area (Å²) in [5.74, 6) is 0. The van der Waals surface area contributed by atoms with Gasteiger partial charge in [-0.25, -0.2) is 8.78 Å². The first-order valence-electron chi connectivity index (χ1n) is 5.58. The summed E-state index contributed by atoms with van der Waals surface area (Å²) in [4.78, 5) is 0. The van der Waals surface area contributed by atoms with Gasteiger partial charge in [0.2, 0.25) is 0 Å². The first-order chi connectivity index (χ1) is 7.58. The molecular weight excluding hydrogens is 214 g/mol. The molecule has 3 nitrogen and oxygen atoms in total. The van der Waals surface area contributed by atoms with E-state index in [4.69, 9.17) is 5.11 Å². The van der Waals surface area contributed by atoms with Crippen molar-refractivity contribution in [3.05, 3.63) is 18.0 Å². The van der Waals surface area contributed by atoms with Gasteiger partial charge in [-0.2, -0.15) is 5.10 Å². The lowest BCUT2D eigenvalue weighted by molar-refractivity contribution is -0.00425. The van der Waals surface area contributed by atoms with E-state index in [0.717, 1.165) is 12.8 Å². The Kier molecular flexibility index (Phi) is 4.86. The lowest BCUT2D eigenvalue weighted by Gasteiger charge is -2.12. The highest BCUT2D eigenvalue weighted by molar-refractivity contribution is 5.01. The van der Waals surface area contributed by atoms with Crippen LogP contribution in [0.5, 0.6) is 0 Å². The third-order valence-corrected chi connectivity index (χ3v) is 2.69. The molecule has 0 saturated carbocycles. The van der Waals surface area contributed by atoms with Crippen molar-refractivity contribution in [1.82, 2.24) is 9.78 Å². The molecule has 0 radical (unpaired) electrons. The Balaban J connectivity index is 2.64. The van der Waals surface area contributed by atoms with Gasteiger partial charge in [-0.3, -0.25) is 4.68 Å². The van der Waals surface area contributed by atoms with Crippen molar-refractivity contribution >= 4 is 0 Å². The van der Waals surface area contributed by atoms with Gasteiger partial charge in [-0.1, -0.05) is 13.8 Å². The lowest BCUT2D eigenvalue weighted by Crippen LogP contribution is -2.20.